The number of hydrogen-bond donors (Lipinski definition) is 0. The van der Waals surface area contributed by atoms with E-state index in [9.17, 15) is 0 Å². The third-order valence-electron chi connectivity index (χ3n) is 5.56. The maximum absolute atomic E-state index is 5.05. The van der Waals surface area contributed by atoms with Crippen LogP contribution in [0.3, 0.4) is 0 Å². The summed E-state index contributed by atoms with van der Waals surface area (Å²) in [6, 6.07) is 16.5. The van der Waals surface area contributed by atoms with Gasteiger partial charge in [0, 0.05) is 29.8 Å². The minimum absolute atomic E-state index is 0.178. The smallest absolute Gasteiger partial charge is 0.205 e. The van der Waals surface area contributed by atoms with E-state index in [1.54, 1.807) is 0 Å². The van der Waals surface area contributed by atoms with Gasteiger partial charge in [-0.25, -0.2) is 4.99 Å². The maximum Gasteiger partial charge on any atom is 0.205 e. The fourth-order valence-electron chi connectivity index (χ4n) is 3.82. The SMILES string of the molecule is CCN(CC)c1ccc(N=C2C(C(C)(C)C)=Nn3c2nnc3-c2ccccc2)c(C)c1. The van der Waals surface area contributed by atoms with Crippen LogP contribution in [-0.2, 0) is 0 Å². The van der Waals surface area contributed by atoms with Crippen LogP contribution in [0.15, 0.2) is 58.6 Å². The first-order valence-corrected chi connectivity index (χ1v) is 10.9. The molecule has 6 heteroatoms. The number of aliphatic imine (C=N–C) groups is 1. The van der Waals surface area contributed by atoms with E-state index >= 15 is 0 Å². The summed E-state index contributed by atoms with van der Waals surface area (Å²) in [6.07, 6.45) is 0. The summed E-state index contributed by atoms with van der Waals surface area (Å²) in [5.74, 6) is 1.42. The molecule has 31 heavy (non-hydrogen) atoms. The van der Waals surface area contributed by atoms with Gasteiger partial charge in [-0.1, -0.05) is 51.1 Å². The molecule has 0 bridgehead atoms. The predicted octanol–water partition coefficient (Wildman–Crippen LogP) is 5.48. The Labute approximate surface area is 184 Å². The molecular weight excluding hydrogens is 384 g/mol. The van der Waals surface area contributed by atoms with E-state index < -0.39 is 0 Å². The summed E-state index contributed by atoms with van der Waals surface area (Å²) >= 11 is 0. The molecule has 1 aliphatic rings. The van der Waals surface area contributed by atoms with Gasteiger partial charge in [0.25, 0.3) is 0 Å². The molecule has 0 radical (unpaired) electrons. The van der Waals surface area contributed by atoms with Gasteiger partial charge in [-0.2, -0.15) is 9.78 Å². The van der Waals surface area contributed by atoms with Gasteiger partial charge in [0.05, 0.1) is 11.4 Å². The Morgan fingerprint density at radius 2 is 1.61 bits per heavy atom. The highest BCUT2D eigenvalue weighted by Gasteiger charge is 2.35. The average molecular weight is 415 g/mol. The third-order valence-corrected chi connectivity index (χ3v) is 5.56. The van der Waals surface area contributed by atoms with Crippen LogP contribution in [0.1, 0.15) is 46.0 Å². The van der Waals surface area contributed by atoms with Gasteiger partial charge in [0.2, 0.25) is 5.82 Å². The van der Waals surface area contributed by atoms with Gasteiger partial charge in [0.15, 0.2) is 5.82 Å². The van der Waals surface area contributed by atoms with E-state index in [-0.39, 0.29) is 5.41 Å². The predicted molar refractivity (Wildman–Crippen MR) is 129 cm³/mol. The molecule has 0 N–H and O–H groups in total. The van der Waals surface area contributed by atoms with E-state index in [2.05, 4.69) is 74.8 Å². The number of hydrogen-bond acceptors (Lipinski definition) is 5. The number of aromatic nitrogens is 3. The van der Waals surface area contributed by atoms with Crippen molar-refractivity contribution >= 4 is 22.8 Å². The highest BCUT2D eigenvalue weighted by atomic mass is 15.5. The van der Waals surface area contributed by atoms with Crippen molar-refractivity contribution in [1.82, 2.24) is 14.9 Å². The number of rotatable bonds is 5. The molecule has 1 aliphatic heterocycles. The molecule has 6 nitrogen and oxygen atoms in total. The number of anilines is 1. The van der Waals surface area contributed by atoms with Gasteiger partial charge in [0.1, 0.15) is 5.71 Å². The summed E-state index contributed by atoms with van der Waals surface area (Å²) in [5.41, 5.74) is 5.80. The minimum Gasteiger partial charge on any atom is -0.372 e. The van der Waals surface area contributed by atoms with Crippen LogP contribution in [-0.4, -0.2) is 39.4 Å². The van der Waals surface area contributed by atoms with E-state index in [1.165, 1.54) is 5.69 Å². The standard InChI is InChI=1S/C25H30N6/c1-7-30(8-2)19-14-15-20(17(3)16-19)26-21-22(25(4,5)6)29-31-23(27-28-24(21)31)18-12-10-9-11-13-18/h9-16H,7-8H2,1-6H3. The number of nitrogens with zero attached hydrogens (tertiary/aromatic N) is 6. The second-order valence-electron chi connectivity index (χ2n) is 8.83. The fourth-order valence-corrected chi connectivity index (χ4v) is 3.82. The minimum atomic E-state index is -0.178. The van der Waals surface area contributed by atoms with E-state index in [1.807, 2.05) is 35.0 Å². The maximum atomic E-state index is 5.05. The number of benzene rings is 2. The Balaban J connectivity index is 1.81. The molecule has 0 unspecified atom stereocenters. The first-order valence-electron chi connectivity index (χ1n) is 10.9. The fraction of sp³-hybridized carbons (Fsp3) is 0.360. The largest absolute Gasteiger partial charge is 0.372 e. The van der Waals surface area contributed by atoms with Gasteiger partial charge >= 0.3 is 0 Å². The molecule has 1 aromatic heterocycles. The Kier molecular flexibility index (Phi) is 5.48. The average Bonchev–Trinajstić information content (AvgIpc) is 3.31. The lowest BCUT2D eigenvalue weighted by molar-refractivity contribution is 0.594. The van der Waals surface area contributed by atoms with Crippen molar-refractivity contribution in [2.75, 3.05) is 18.0 Å². The molecule has 0 amide bonds. The summed E-state index contributed by atoms with van der Waals surface area (Å²) in [4.78, 5) is 7.39. The molecule has 2 heterocycles. The van der Waals surface area contributed by atoms with Gasteiger partial charge < -0.3 is 4.90 Å². The van der Waals surface area contributed by atoms with Crippen molar-refractivity contribution in [2.24, 2.45) is 15.5 Å². The quantitative estimate of drug-likeness (QED) is 0.555. The van der Waals surface area contributed by atoms with Gasteiger partial charge in [-0.15, -0.1) is 10.2 Å². The third kappa shape index (κ3) is 3.90. The van der Waals surface area contributed by atoms with Gasteiger partial charge in [-0.3, -0.25) is 0 Å². The molecule has 0 atom stereocenters. The molecule has 160 valence electrons. The summed E-state index contributed by atoms with van der Waals surface area (Å²) in [7, 11) is 0. The number of aryl methyl sites for hydroxylation is 1. The Bertz CT molecular complexity index is 1140. The molecule has 0 saturated carbocycles. The van der Waals surface area contributed by atoms with E-state index in [0.29, 0.717) is 5.82 Å². The van der Waals surface area contributed by atoms with E-state index in [0.717, 1.165) is 47.2 Å². The van der Waals surface area contributed by atoms with Crippen molar-refractivity contribution in [2.45, 2.75) is 41.5 Å². The van der Waals surface area contributed by atoms with Crippen LogP contribution in [0.2, 0.25) is 0 Å². The molecule has 0 spiro atoms. The second-order valence-corrected chi connectivity index (χ2v) is 8.83. The topological polar surface area (TPSA) is 58.7 Å². The normalized spacial score (nSPS) is 14.6. The first-order chi connectivity index (χ1) is 14.8. The van der Waals surface area contributed by atoms with Crippen molar-refractivity contribution in [1.29, 1.82) is 0 Å². The number of fused-ring (bicyclic) bond motifs is 1. The Hall–Kier alpha value is -3.28. The lowest BCUT2D eigenvalue weighted by Gasteiger charge is -2.22. The highest BCUT2D eigenvalue weighted by molar-refractivity contribution is 6.50. The Morgan fingerprint density at radius 1 is 0.935 bits per heavy atom. The summed E-state index contributed by atoms with van der Waals surface area (Å²) in [5, 5.41) is 13.8. The molecule has 0 aliphatic carbocycles. The summed E-state index contributed by atoms with van der Waals surface area (Å²) < 4.78 is 1.83. The highest BCUT2D eigenvalue weighted by Crippen LogP contribution is 2.31. The zero-order valence-corrected chi connectivity index (χ0v) is 19.2. The van der Waals surface area contributed by atoms with Crippen LogP contribution in [0.5, 0.6) is 0 Å². The van der Waals surface area contributed by atoms with Gasteiger partial charge in [-0.05, 0) is 44.5 Å². The van der Waals surface area contributed by atoms with Crippen molar-refractivity contribution in [3.8, 4) is 11.4 Å². The molecule has 4 rings (SSSR count). The molecular formula is C25H30N6. The zero-order valence-electron chi connectivity index (χ0n) is 19.2. The van der Waals surface area contributed by atoms with Crippen LogP contribution >= 0.6 is 0 Å². The van der Waals surface area contributed by atoms with Crippen LogP contribution in [0.25, 0.3) is 11.4 Å². The monoisotopic (exact) mass is 414 g/mol. The second kappa shape index (κ2) is 8.10. The zero-order chi connectivity index (χ0) is 22.2. The van der Waals surface area contributed by atoms with Crippen LogP contribution in [0.4, 0.5) is 11.4 Å². The first kappa shape index (κ1) is 21.0. The lowest BCUT2D eigenvalue weighted by Crippen LogP contribution is -2.27. The van der Waals surface area contributed by atoms with Crippen LogP contribution < -0.4 is 4.90 Å². The van der Waals surface area contributed by atoms with Crippen molar-refractivity contribution < 1.29 is 0 Å². The molecule has 2 aromatic carbocycles. The van der Waals surface area contributed by atoms with Crippen LogP contribution in [0, 0.1) is 12.3 Å². The molecule has 0 fully saturated rings. The summed E-state index contributed by atoms with van der Waals surface area (Å²) in [6.45, 7) is 14.9. The molecule has 3 aromatic rings. The van der Waals surface area contributed by atoms with Crippen molar-refractivity contribution in [3.05, 3.63) is 59.9 Å². The van der Waals surface area contributed by atoms with E-state index in [4.69, 9.17) is 10.1 Å². The lowest BCUT2D eigenvalue weighted by atomic mass is 9.87. The van der Waals surface area contributed by atoms with Crippen molar-refractivity contribution in [3.63, 3.8) is 0 Å². The molecule has 0 saturated heterocycles. The Morgan fingerprint density at radius 3 is 2.23 bits per heavy atom.